The third-order valence-electron chi connectivity index (χ3n) is 3.23. The molecule has 94 valence electrons. The van der Waals surface area contributed by atoms with E-state index in [4.69, 9.17) is 15.6 Å². The summed E-state index contributed by atoms with van der Waals surface area (Å²) in [6, 6.07) is 5.74. The quantitative estimate of drug-likeness (QED) is 0.842. The first kappa shape index (κ1) is 11.4. The lowest BCUT2D eigenvalue weighted by Gasteiger charge is -2.13. The van der Waals surface area contributed by atoms with Gasteiger partial charge in [0.15, 0.2) is 0 Å². The molecule has 5 nitrogen and oxygen atoms in total. The van der Waals surface area contributed by atoms with E-state index < -0.39 is 6.04 Å². The van der Waals surface area contributed by atoms with E-state index in [1.807, 2.05) is 10.6 Å². The van der Waals surface area contributed by atoms with Gasteiger partial charge in [-0.15, -0.1) is 0 Å². The number of fused-ring (bicyclic) bond motifs is 1. The maximum Gasteiger partial charge on any atom is 0.0994 e. The number of aliphatic hydroxyl groups is 1. The van der Waals surface area contributed by atoms with Crippen molar-refractivity contribution in [2.24, 2.45) is 5.73 Å². The molecule has 1 aliphatic rings. The number of nitrogens with zero attached hydrogens (tertiary/aromatic N) is 2. The second-order valence-corrected chi connectivity index (χ2v) is 4.42. The van der Waals surface area contributed by atoms with E-state index in [-0.39, 0.29) is 6.61 Å². The van der Waals surface area contributed by atoms with Crippen molar-refractivity contribution in [2.75, 3.05) is 6.61 Å². The third-order valence-corrected chi connectivity index (χ3v) is 3.23. The van der Waals surface area contributed by atoms with Gasteiger partial charge in [-0.05, 0) is 23.3 Å². The highest BCUT2D eigenvalue weighted by Gasteiger charge is 2.15. The Morgan fingerprint density at radius 2 is 2.22 bits per heavy atom. The Labute approximate surface area is 105 Å². The molecule has 0 spiro atoms. The Kier molecular flexibility index (Phi) is 2.87. The predicted octanol–water partition coefficient (Wildman–Crippen LogP) is 0.895. The Hall–Kier alpha value is -1.69. The summed E-state index contributed by atoms with van der Waals surface area (Å²) in [6.07, 6.45) is 3.40. The van der Waals surface area contributed by atoms with Gasteiger partial charge in [0.1, 0.15) is 0 Å². The first-order valence-corrected chi connectivity index (χ1v) is 5.88. The van der Waals surface area contributed by atoms with Gasteiger partial charge in [-0.3, -0.25) is 0 Å². The van der Waals surface area contributed by atoms with E-state index in [2.05, 4.69) is 17.1 Å². The number of hydrogen-bond acceptors (Lipinski definition) is 4. The molecule has 18 heavy (non-hydrogen) atoms. The molecule has 5 heteroatoms. The van der Waals surface area contributed by atoms with Gasteiger partial charge in [-0.25, -0.2) is 4.98 Å². The summed E-state index contributed by atoms with van der Waals surface area (Å²) in [5.41, 5.74) is 10.1. The monoisotopic (exact) mass is 245 g/mol. The van der Waals surface area contributed by atoms with Gasteiger partial charge in [-0.1, -0.05) is 6.07 Å². The maximum absolute atomic E-state index is 9.15. The number of rotatable bonds is 3. The molecule has 1 atom stereocenters. The van der Waals surface area contributed by atoms with Crippen LogP contribution in [0.5, 0.6) is 0 Å². The van der Waals surface area contributed by atoms with Crippen LogP contribution in [0.2, 0.25) is 0 Å². The molecule has 1 aromatic carbocycles. The van der Waals surface area contributed by atoms with Crippen molar-refractivity contribution in [1.29, 1.82) is 0 Å². The Morgan fingerprint density at radius 1 is 1.39 bits per heavy atom. The van der Waals surface area contributed by atoms with Gasteiger partial charge >= 0.3 is 0 Å². The Morgan fingerprint density at radius 3 is 3.06 bits per heavy atom. The number of imidazole rings is 1. The molecule has 0 amide bonds. The molecule has 0 saturated heterocycles. The molecule has 0 fully saturated rings. The average molecular weight is 245 g/mol. The van der Waals surface area contributed by atoms with Crippen LogP contribution in [0.4, 0.5) is 0 Å². The zero-order chi connectivity index (χ0) is 12.5. The Bertz CT molecular complexity index is 565. The van der Waals surface area contributed by atoms with Crippen molar-refractivity contribution in [2.45, 2.75) is 19.3 Å². The lowest BCUT2D eigenvalue weighted by molar-refractivity contribution is 0.134. The van der Waals surface area contributed by atoms with E-state index >= 15 is 0 Å². The van der Waals surface area contributed by atoms with Crippen LogP contribution in [-0.4, -0.2) is 21.3 Å². The lowest BCUT2D eigenvalue weighted by Crippen LogP contribution is -2.18. The van der Waals surface area contributed by atoms with Crippen LogP contribution in [0.3, 0.4) is 0 Å². The summed E-state index contributed by atoms with van der Waals surface area (Å²) in [4.78, 5) is 4.10. The van der Waals surface area contributed by atoms with Crippen molar-refractivity contribution in [1.82, 2.24) is 9.55 Å². The van der Waals surface area contributed by atoms with Crippen molar-refractivity contribution >= 4 is 0 Å². The molecular formula is C13H15N3O2. The van der Waals surface area contributed by atoms with Crippen LogP contribution in [0.1, 0.15) is 22.9 Å². The standard InChI is InChI=1S/C13H15N3O2/c14-12(5-17)13-4-15-8-16(13)11-2-1-9-6-18-7-10(9)3-11/h1-4,8,12,17H,5-7,14H2. The number of nitrogens with two attached hydrogens (primary N) is 1. The smallest absolute Gasteiger partial charge is 0.0994 e. The van der Waals surface area contributed by atoms with Crippen molar-refractivity contribution < 1.29 is 9.84 Å². The molecule has 3 rings (SSSR count). The fourth-order valence-electron chi connectivity index (χ4n) is 2.20. The van der Waals surface area contributed by atoms with Gasteiger partial charge in [0, 0.05) is 5.69 Å². The van der Waals surface area contributed by atoms with Gasteiger partial charge in [0.2, 0.25) is 0 Å². The fourth-order valence-corrected chi connectivity index (χ4v) is 2.20. The highest BCUT2D eigenvalue weighted by Crippen LogP contribution is 2.24. The van der Waals surface area contributed by atoms with Gasteiger partial charge in [0.05, 0.1) is 44.1 Å². The first-order chi connectivity index (χ1) is 8.79. The minimum atomic E-state index is -0.419. The summed E-state index contributed by atoms with van der Waals surface area (Å²) in [6.45, 7) is 1.24. The van der Waals surface area contributed by atoms with E-state index in [9.17, 15) is 0 Å². The summed E-state index contributed by atoms with van der Waals surface area (Å²) < 4.78 is 7.30. The molecule has 0 aliphatic carbocycles. The summed E-state index contributed by atoms with van der Waals surface area (Å²) in [7, 11) is 0. The number of aliphatic hydroxyl groups excluding tert-OH is 1. The second-order valence-electron chi connectivity index (χ2n) is 4.42. The van der Waals surface area contributed by atoms with Gasteiger partial charge in [0.25, 0.3) is 0 Å². The second kappa shape index (κ2) is 4.53. The molecule has 0 bridgehead atoms. The van der Waals surface area contributed by atoms with Crippen molar-refractivity contribution in [3.63, 3.8) is 0 Å². The molecule has 1 aliphatic heterocycles. The lowest BCUT2D eigenvalue weighted by atomic mass is 10.1. The fraction of sp³-hybridized carbons (Fsp3) is 0.308. The van der Waals surface area contributed by atoms with Crippen LogP contribution in [0, 0.1) is 0 Å². The normalized spacial score (nSPS) is 15.7. The molecule has 1 aromatic heterocycles. The van der Waals surface area contributed by atoms with E-state index in [0.717, 1.165) is 11.4 Å². The average Bonchev–Trinajstić information content (AvgIpc) is 3.05. The SMILES string of the molecule is NC(CO)c1cncn1-c1ccc2c(c1)COC2. The number of benzene rings is 1. The molecule has 2 aromatic rings. The van der Waals surface area contributed by atoms with Gasteiger partial charge < -0.3 is 20.1 Å². The van der Waals surface area contributed by atoms with Crippen LogP contribution in [0.15, 0.2) is 30.7 Å². The minimum Gasteiger partial charge on any atom is -0.394 e. The zero-order valence-corrected chi connectivity index (χ0v) is 9.91. The highest BCUT2D eigenvalue weighted by molar-refractivity contribution is 5.42. The molecule has 3 N–H and O–H groups in total. The highest BCUT2D eigenvalue weighted by atomic mass is 16.5. The van der Waals surface area contributed by atoms with Crippen molar-refractivity contribution in [3.05, 3.63) is 47.5 Å². The molecule has 2 heterocycles. The zero-order valence-electron chi connectivity index (χ0n) is 9.91. The topological polar surface area (TPSA) is 73.3 Å². The van der Waals surface area contributed by atoms with Crippen LogP contribution in [-0.2, 0) is 18.0 Å². The summed E-state index contributed by atoms with van der Waals surface area (Å²) >= 11 is 0. The first-order valence-electron chi connectivity index (χ1n) is 5.88. The van der Waals surface area contributed by atoms with Crippen LogP contribution in [0.25, 0.3) is 5.69 Å². The number of aromatic nitrogens is 2. The van der Waals surface area contributed by atoms with E-state index in [1.165, 1.54) is 11.1 Å². The minimum absolute atomic E-state index is 0.0975. The Balaban J connectivity index is 2.02. The number of hydrogen-bond donors (Lipinski definition) is 2. The van der Waals surface area contributed by atoms with E-state index in [0.29, 0.717) is 13.2 Å². The maximum atomic E-state index is 9.15. The van der Waals surface area contributed by atoms with Crippen LogP contribution >= 0.6 is 0 Å². The predicted molar refractivity (Wildman–Crippen MR) is 66.1 cm³/mol. The van der Waals surface area contributed by atoms with Crippen molar-refractivity contribution in [3.8, 4) is 5.69 Å². The molecular weight excluding hydrogens is 230 g/mol. The molecule has 0 radical (unpaired) electrons. The third kappa shape index (κ3) is 1.82. The summed E-state index contributed by atoms with van der Waals surface area (Å²) in [5, 5.41) is 9.15. The molecule has 0 saturated carbocycles. The number of ether oxygens (including phenoxy) is 1. The molecule has 1 unspecified atom stereocenters. The van der Waals surface area contributed by atoms with Crippen LogP contribution < -0.4 is 5.73 Å². The van der Waals surface area contributed by atoms with Gasteiger partial charge in [-0.2, -0.15) is 0 Å². The van der Waals surface area contributed by atoms with E-state index in [1.54, 1.807) is 12.5 Å². The summed E-state index contributed by atoms with van der Waals surface area (Å²) in [5.74, 6) is 0. The largest absolute Gasteiger partial charge is 0.394 e.